The van der Waals surface area contributed by atoms with Gasteiger partial charge in [-0.15, -0.1) is 11.3 Å². The number of pyridine rings is 1. The molecular formula is C13H10ClN3O3S2. The Hall–Kier alpha value is -1.66. The molecule has 0 aliphatic carbocycles. The van der Waals surface area contributed by atoms with E-state index in [1.807, 2.05) is 6.07 Å². The Labute approximate surface area is 136 Å². The number of halogens is 1. The van der Waals surface area contributed by atoms with Crippen LogP contribution in [0.2, 0.25) is 4.34 Å². The highest BCUT2D eigenvalue weighted by Gasteiger charge is 2.39. The van der Waals surface area contributed by atoms with Gasteiger partial charge < -0.3 is 4.74 Å². The quantitative estimate of drug-likeness (QED) is 0.838. The van der Waals surface area contributed by atoms with Crippen LogP contribution in [-0.2, 0) is 10.0 Å². The molecule has 3 rings (SSSR count). The van der Waals surface area contributed by atoms with Crippen LogP contribution in [0.25, 0.3) is 0 Å². The van der Waals surface area contributed by atoms with Gasteiger partial charge in [0.05, 0.1) is 23.0 Å². The number of nitriles is 1. The normalized spacial score (nSPS) is 16.0. The van der Waals surface area contributed by atoms with E-state index in [0.717, 1.165) is 11.3 Å². The number of hydrogen-bond acceptors (Lipinski definition) is 6. The summed E-state index contributed by atoms with van der Waals surface area (Å²) in [6.45, 7) is 0.527. The molecular weight excluding hydrogens is 346 g/mol. The molecule has 1 saturated heterocycles. The van der Waals surface area contributed by atoms with Crippen LogP contribution in [0.3, 0.4) is 0 Å². The summed E-state index contributed by atoms with van der Waals surface area (Å²) in [5, 5.41) is 8.69. The Balaban J connectivity index is 1.61. The summed E-state index contributed by atoms with van der Waals surface area (Å²) >= 11 is 6.81. The predicted octanol–water partition coefficient (Wildman–Crippen LogP) is 2.12. The van der Waals surface area contributed by atoms with E-state index in [2.05, 4.69) is 4.98 Å². The molecule has 0 bridgehead atoms. The summed E-state index contributed by atoms with van der Waals surface area (Å²) in [7, 11) is -3.49. The van der Waals surface area contributed by atoms with Crippen LogP contribution in [-0.4, -0.2) is 36.9 Å². The first-order chi connectivity index (χ1) is 10.5. The summed E-state index contributed by atoms with van der Waals surface area (Å²) < 4.78 is 32.1. The van der Waals surface area contributed by atoms with Gasteiger partial charge in [-0.3, -0.25) is 0 Å². The molecule has 22 heavy (non-hydrogen) atoms. The Morgan fingerprint density at radius 1 is 1.36 bits per heavy atom. The molecule has 3 heterocycles. The van der Waals surface area contributed by atoms with Crippen molar-refractivity contribution in [3.63, 3.8) is 0 Å². The van der Waals surface area contributed by atoms with Crippen molar-refractivity contribution in [2.24, 2.45) is 0 Å². The van der Waals surface area contributed by atoms with Crippen LogP contribution in [0.4, 0.5) is 0 Å². The lowest BCUT2D eigenvalue weighted by Gasteiger charge is -2.37. The number of rotatable bonds is 4. The SMILES string of the molecule is N#Cc1ccc(OC2CN(S(=O)(=O)c3ccc(Cl)s3)C2)nc1. The highest BCUT2D eigenvalue weighted by molar-refractivity contribution is 7.91. The van der Waals surface area contributed by atoms with Gasteiger partial charge in [-0.25, -0.2) is 13.4 Å². The van der Waals surface area contributed by atoms with E-state index in [-0.39, 0.29) is 23.4 Å². The molecule has 6 nitrogen and oxygen atoms in total. The first kappa shape index (κ1) is 15.2. The number of sulfonamides is 1. The largest absolute Gasteiger partial charge is 0.472 e. The Bertz CT molecular complexity index is 821. The average molecular weight is 356 g/mol. The number of thiophene rings is 1. The molecule has 1 fully saturated rings. The summed E-state index contributed by atoms with van der Waals surface area (Å²) in [5.74, 6) is 0.375. The van der Waals surface area contributed by atoms with Crippen LogP contribution in [0.1, 0.15) is 5.56 Å². The van der Waals surface area contributed by atoms with Gasteiger partial charge in [-0.05, 0) is 18.2 Å². The Morgan fingerprint density at radius 2 is 2.14 bits per heavy atom. The molecule has 0 spiro atoms. The minimum absolute atomic E-state index is 0.229. The van der Waals surface area contributed by atoms with E-state index in [4.69, 9.17) is 21.6 Å². The van der Waals surface area contributed by atoms with Gasteiger partial charge in [0, 0.05) is 12.3 Å². The first-order valence-electron chi connectivity index (χ1n) is 6.27. The van der Waals surface area contributed by atoms with Gasteiger partial charge in [0.2, 0.25) is 5.88 Å². The van der Waals surface area contributed by atoms with Gasteiger partial charge in [-0.1, -0.05) is 11.6 Å². The number of aromatic nitrogens is 1. The lowest BCUT2D eigenvalue weighted by molar-refractivity contribution is 0.0722. The molecule has 0 saturated carbocycles. The van der Waals surface area contributed by atoms with Crippen molar-refractivity contribution in [2.45, 2.75) is 10.3 Å². The minimum Gasteiger partial charge on any atom is -0.472 e. The van der Waals surface area contributed by atoms with Crippen molar-refractivity contribution in [1.82, 2.24) is 9.29 Å². The second-order valence-electron chi connectivity index (χ2n) is 4.62. The van der Waals surface area contributed by atoms with Gasteiger partial charge in [0.15, 0.2) is 0 Å². The summed E-state index contributed by atoms with van der Waals surface area (Å²) in [6.07, 6.45) is 1.17. The van der Waals surface area contributed by atoms with E-state index >= 15 is 0 Å². The first-order valence-corrected chi connectivity index (χ1v) is 8.91. The zero-order valence-electron chi connectivity index (χ0n) is 11.1. The standard InChI is InChI=1S/C13H10ClN3O3S2/c14-11-2-4-13(21-11)22(18,19)17-7-10(8-17)20-12-3-1-9(5-15)6-16-12/h1-4,6,10H,7-8H2. The fraction of sp³-hybridized carbons (Fsp3) is 0.231. The molecule has 0 unspecified atom stereocenters. The van der Waals surface area contributed by atoms with Crippen LogP contribution in [0.5, 0.6) is 5.88 Å². The average Bonchev–Trinajstić information content (AvgIpc) is 2.90. The third-order valence-corrected chi connectivity index (χ3v) is 6.64. The zero-order valence-corrected chi connectivity index (χ0v) is 13.5. The Morgan fingerprint density at radius 3 is 2.68 bits per heavy atom. The molecule has 0 radical (unpaired) electrons. The van der Waals surface area contributed by atoms with Gasteiger partial charge in [0.1, 0.15) is 16.4 Å². The van der Waals surface area contributed by atoms with Gasteiger partial charge in [0.25, 0.3) is 10.0 Å². The Kier molecular flexibility index (Phi) is 4.06. The summed E-state index contributed by atoms with van der Waals surface area (Å²) in [5.41, 5.74) is 0.444. The van der Waals surface area contributed by atoms with E-state index in [0.29, 0.717) is 15.8 Å². The van der Waals surface area contributed by atoms with E-state index in [9.17, 15) is 8.42 Å². The molecule has 0 atom stereocenters. The van der Waals surface area contributed by atoms with Crippen LogP contribution < -0.4 is 4.74 Å². The monoisotopic (exact) mass is 355 g/mol. The van der Waals surface area contributed by atoms with Crippen molar-refractivity contribution in [1.29, 1.82) is 5.26 Å². The lowest BCUT2D eigenvalue weighted by atomic mass is 10.2. The molecule has 9 heteroatoms. The highest BCUT2D eigenvalue weighted by atomic mass is 35.5. The number of ether oxygens (including phenoxy) is 1. The smallest absolute Gasteiger partial charge is 0.252 e. The molecule has 0 amide bonds. The molecule has 0 aromatic carbocycles. The molecule has 1 aliphatic rings. The van der Waals surface area contributed by atoms with Crippen molar-refractivity contribution < 1.29 is 13.2 Å². The second-order valence-corrected chi connectivity index (χ2v) is 8.50. The maximum atomic E-state index is 12.3. The molecule has 2 aromatic rings. The second kappa shape index (κ2) is 5.85. The summed E-state index contributed by atoms with van der Waals surface area (Å²) in [4.78, 5) is 3.99. The number of hydrogen-bond donors (Lipinski definition) is 0. The van der Waals surface area contributed by atoms with Gasteiger partial charge >= 0.3 is 0 Å². The minimum atomic E-state index is -3.49. The van der Waals surface area contributed by atoms with E-state index in [1.54, 1.807) is 18.2 Å². The fourth-order valence-corrected chi connectivity index (χ4v) is 5.06. The van der Waals surface area contributed by atoms with Crippen LogP contribution >= 0.6 is 22.9 Å². The van der Waals surface area contributed by atoms with E-state index < -0.39 is 10.0 Å². The maximum Gasteiger partial charge on any atom is 0.252 e. The molecule has 2 aromatic heterocycles. The highest BCUT2D eigenvalue weighted by Crippen LogP contribution is 2.31. The zero-order chi connectivity index (χ0) is 15.7. The maximum absolute atomic E-state index is 12.3. The van der Waals surface area contributed by atoms with Crippen molar-refractivity contribution in [2.75, 3.05) is 13.1 Å². The van der Waals surface area contributed by atoms with Crippen molar-refractivity contribution >= 4 is 33.0 Å². The third-order valence-electron chi connectivity index (χ3n) is 3.11. The predicted molar refractivity (Wildman–Crippen MR) is 81.5 cm³/mol. The van der Waals surface area contributed by atoms with Crippen LogP contribution in [0.15, 0.2) is 34.7 Å². The molecule has 114 valence electrons. The number of nitrogens with zero attached hydrogens (tertiary/aromatic N) is 3. The fourth-order valence-electron chi connectivity index (χ4n) is 1.92. The van der Waals surface area contributed by atoms with Crippen molar-refractivity contribution in [3.05, 3.63) is 40.4 Å². The molecule has 1 aliphatic heterocycles. The summed E-state index contributed by atoms with van der Waals surface area (Å²) in [6, 6.07) is 8.22. The van der Waals surface area contributed by atoms with Crippen molar-refractivity contribution in [3.8, 4) is 11.9 Å². The molecule has 0 N–H and O–H groups in total. The van der Waals surface area contributed by atoms with E-state index in [1.165, 1.54) is 16.6 Å². The van der Waals surface area contributed by atoms with Crippen LogP contribution in [0, 0.1) is 11.3 Å². The third kappa shape index (κ3) is 2.94. The van der Waals surface area contributed by atoms with Gasteiger partial charge in [-0.2, -0.15) is 9.57 Å². The topological polar surface area (TPSA) is 83.3 Å². The lowest BCUT2D eigenvalue weighted by Crippen LogP contribution is -2.55.